The Hall–Kier alpha value is -2.73. The molecule has 0 radical (unpaired) electrons. The molecule has 1 aromatic heterocycles. The maximum absolute atomic E-state index is 12.6. The second-order valence-electron chi connectivity index (χ2n) is 6.78. The largest absolute Gasteiger partial charge is 0.353 e. The summed E-state index contributed by atoms with van der Waals surface area (Å²) in [6, 6.07) is 19.8. The lowest BCUT2D eigenvalue weighted by atomic mass is 10.1. The zero-order valence-corrected chi connectivity index (χ0v) is 17.0. The second kappa shape index (κ2) is 8.52. The van der Waals surface area contributed by atoms with Gasteiger partial charge in [-0.15, -0.1) is 0 Å². The van der Waals surface area contributed by atoms with Gasteiger partial charge in [0.15, 0.2) is 5.82 Å². The summed E-state index contributed by atoms with van der Waals surface area (Å²) in [5, 5.41) is 0. The molecule has 4 rings (SSSR count). The topological polar surface area (TPSA) is 49.3 Å². The lowest BCUT2D eigenvalue weighted by molar-refractivity contribution is -0.130. The molecule has 28 heavy (non-hydrogen) atoms. The summed E-state index contributed by atoms with van der Waals surface area (Å²) in [5.41, 5.74) is 2.05. The monoisotopic (exact) mass is 436 g/mol. The number of rotatable bonds is 4. The third kappa shape index (κ3) is 4.39. The van der Waals surface area contributed by atoms with Crippen LogP contribution in [0.1, 0.15) is 5.56 Å². The van der Waals surface area contributed by atoms with E-state index in [1.165, 1.54) is 0 Å². The van der Waals surface area contributed by atoms with E-state index >= 15 is 0 Å². The van der Waals surface area contributed by atoms with E-state index in [9.17, 15) is 4.79 Å². The van der Waals surface area contributed by atoms with E-state index in [0.717, 1.165) is 40.3 Å². The molecule has 3 aromatic rings. The minimum Gasteiger partial charge on any atom is -0.353 e. The summed E-state index contributed by atoms with van der Waals surface area (Å²) >= 11 is 3.43. The van der Waals surface area contributed by atoms with Gasteiger partial charge in [-0.1, -0.05) is 58.4 Å². The molecule has 1 saturated heterocycles. The number of benzene rings is 2. The Balaban J connectivity index is 1.37. The van der Waals surface area contributed by atoms with Crippen molar-refractivity contribution in [3.05, 3.63) is 76.9 Å². The van der Waals surface area contributed by atoms with Gasteiger partial charge in [0, 0.05) is 42.4 Å². The lowest BCUT2D eigenvalue weighted by Gasteiger charge is -2.35. The average Bonchev–Trinajstić information content (AvgIpc) is 2.76. The second-order valence-corrected chi connectivity index (χ2v) is 7.69. The number of anilines is 1. The maximum Gasteiger partial charge on any atom is 0.227 e. The number of aromatic nitrogens is 2. The molecule has 1 aliphatic rings. The van der Waals surface area contributed by atoms with Gasteiger partial charge in [0.25, 0.3) is 0 Å². The first-order valence-electron chi connectivity index (χ1n) is 9.35. The van der Waals surface area contributed by atoms with Crippen LogP contribution in [0, 0.1) is 0 Å². The molecule has 0 aliphatic carbocycles. The first kappa shape index (κ1) is 18.6. The number of nitrogens with zero attached hydrogens (tertiary/aromatic N) is 4. The molecular formula is C22H21BrN4O. The fourth-order valence-corrected chi connectivity index (χ4v) is 3.59. The Morgan fingerprint density at radius 1 is 0.929 bits per heavy atom. The number of hydrogen-bond acceptors (Lipinski definition) is 4. The molecule has 1 aliphatic heterocycles. The molecule has 0 N–H and O–H groups in total. The van der Waals surface area contributed by atoms with E-state index in [2.05, 4.69) is 25.8 Å². The van der Waals surface area contributed by atoms with Gasteiger partial charge >= 0.3 is 0 Å². The summed E-state index contributed by atoms with van der Waals surface area (Å²) < 4.78 is 1.03. The third-order valence-electron chi connectivity index (χ3n) is 4.90. The number of piperazine rings is 1. The van der Waals surface area contributed by atoms with Crippen molar-refractivity contribution in [2.45, 2.75) is 6.42 Å². The van der Waals surface area contributed by atoms with E-state index in [4.69, 9.17) is 4.98 Å². The minimum absolute atomic E-state index is 0.176. The van der Waals surface area contributed by atoms with Crippen molar-refractivity contribution in [3.8, 4) is 11.4 Å². The molecule has 0 saturated carbocycles. The van der Waals surface area contributed by atoms with Gasteiger partial charge in [-0.2, -0.15) is 0 Å². The predicted molar refractivity (Wildman–Crippen MR) is 114 cm³/mol. The molecule has 0 bridgehead atoms. The minimum atomic E-state index is 0.176. The zero-order chi connectivity index (χ0) is 19.3. The van der Waals surface area contributed by atoms with Crippen LogP contribution >= 0.6 is 15.9 Å². The lowest BCUT2D eigenvalue weighted by Crippen LogP contribution is -2.49. The number of hydrogen-bond donors (Lipinski definition) is 0. The van der Waals surface area contributed by atoms with Crippen LogP contribution in [-0.2, 0) is 11.2 Å². The fourth-order valence-electron chi connectivity index (χ4n) is 3.33. The number of halogens is 1. The first-order valence-corrected chi connectivity index (χ1v) is 10.1. The zero-order valence-electron chi connectivity index (χ0n) is 15.5. The van der Waals surface area contributed by atoms with Gasteiger partial charge < -0.3 is 9.80 Å². The predicted octanol–water partition coefficient (Wildman–Crippen LogP) is 3.80. The van der Waals surface area contributed by atoms with E-state index in [-0.39, 0.29) is 5.91 Å². The van der Waals surface area contributed by atoms with Crippen molar-refractivity contribution in [1.82, 2.24) is 14.9 Å². The first-order chi connectivity index (χ1) is 13.7. The fraction of sp³-hybridized carbons (Fsp3) is 0.227. The molecule has 1 amide bonds. The Kier molecular flexibility index (Phi) is 5.67. The van der Waals surface area contributed by atoms with Crippen molar-refractivity contribution in [2.75, 3.05) is 31.1 Å². The van der Waals surface area contributed by atoms with Gasteiger partial charge in [-0.25, -0.2) is 9.97 Å². The molecule has 142 valence electrons. The molecular weight excluding hydrogens is 416 g/mol. The van der Waals surface area contributed by atoms with Crippen LogP contribution in [0.5, 0.6) is 0 Å². The summed E-state index contributed by atoms with van der Waals surface area (Å²) in [5.74, 6) is 1.82. The van der Waals surface area contributed by atoms with Gasteiger partial charge in [0.2, 0.25) is 5.91 Å². The molecule has 2 aromatic carbocycles. The molecule has 0 spiro atoms. The highest BCUT2D eigenvalue weighted by atomic mass is 79.9. The van der Waals surface area contributed by atoms with Crippen LogP contribution in [0.4, 0.5) is 5.82 Å². The average molecular weight is 437 g/mol. The Morgan fingerprint density at radius 3 is 2.36 bits per heavy atom. The summed E-state index contributed by atoms with van der Waals surface area (Å²) in [7, 11) is 0. The molecule has 2 heterocycles. The van der Waals surface area contributed by atoms with Crippen molar-refractivity contribution in [1.29, 1.82) is 0 Å². The van der Waals surface area contributed by atoms with E-state index in [0.29, 0.717) is 19.5 Å². The van der Waals surface area contributed by atoms with E-state index in [1.54, 1.807) is 6.20 Å². The summed E-state index contributed by atoms with van der Waals surface area (Å²) in [4.78, 5) is 25.9. The number of carbonyl (C=O) groups excluding carboxylic acids is 1. The van der Waals surface area contributed by atoms with Crippen LogP contribution < -0.4 is 4.90 Å². The molecule has 6 heteroatoms. The van der Waals surface area contributed by atoms with E-state index < -0.39 is 0 Å². The smallest absolute Gasteiger partial charge is 0.227 e. The highest BCUT2D eigenvalue weighted by Gasteiger charge is 2.22. The molecule has 0 unspecified atom stereocenters. The molecule has 0 atom stereocenters. The normalized spacial score (nSPS) is 14.2. The van der Waals surface area contributed by atoms with Crippen LogP contribution in [-0.4, -0.2) is 47.0 Å². The SMILES string of the molecule is O=C(Cc1ccc(Br)cc1)N1CCN(c2ccnc(-c3ccccc3)n2)CC1. The van der Waals surface area contributed by atoms with Gasteiger partial charge in [0.05, 0.1) is 6.42 Å². The van der Waals surface area contributed by atoms with Crippen molar-refractivity contribution >= 4 is 27.7 Å². The highest BCUT2D eigenvalue weighted by molar-refractivity contribution is 9.10. The highest BCUT2D eigenvalue weighted by Crippen LogP contribution is 2.19. The van der Waals surface area contributed by atoms with Crippen LogP contribution in [0.2, 0.25) is 0 Å². The van der Waals surface area contributed by atoms with Crippen LogP contribution in [0.3, 0.4) is 0 Å². The quantitative estimate of drug-likeness (QED) is 0.623. The van der Waals surface area contributed by atoms with Crippen molar-refractivity contribution in [3.63, 3.8) is 0 Å². The van der Waals surface area contributed by atoms with E-state index in [1.807, 2.05) is 65.6 Å². The van der Waals surface area contributed by atoms with Crippen molar-refractivity contribution < 1.29 is 4.79 Å². The Labute approximate surface area is 173 Å². The van der Waals surface area contributed by atoms with Gasteiger partial charge in [-0.05, 0) is 23.8 Å². The van der Waals surface area contributed by atoms with Crippen molar-refractivity contribution in [2.24, 2.45) is 0 Å². The number of amides is 1. The molecule has 5 nitrogen and oxygen atoms in total. The Morgan fingerprint density at radius 2 is 1.64 bits per heavy atom. The van der Waals surface area contributed by atoms with Crippen LogP contribution in [0.15, 0.2) is 71.3 Å². The van der Waals surface area contributed by atoms with Crippen LogP contribution in [0.25, 0.3) is 11.4 Å². The standard InChI is InChI=1S/C22H21BrN4O/c23-19-8-6-17(7-9-19)16-21(28)27-14-12-26(13-15-27)20-10-11-24-22(25-20)18-4-2-1-3-5-18/h1-11H,12-16H2. The third-order valence-corrected chi connectivity index (χ3v) is 5.43. The van der Waals surface area contributed by atoms with Gasteiger partial charge in [0.1, 0.15) is 5.82 Å². The summed E-state index contributed by atoms with van der Waals surface area (Å²) in [6.45, 7) is 2.97. The summed E-state index contributed by atoms with van der Waals surface area (Å²) in [6.07, 6.45) is 2.24. The molecule has 1 fully saturated rings. The Bertz CT molecular complexity index is 938. The number of carbonyl (C=O) groups is 1. The maximum atomic E-state index is 12.6. The van der Waals surface area contributed by atoms with Gasteiger partial charge in [-0.3, -0.25) is 4.79 Å².